The Bertz CT molecular complexity index is 1480. The van der Waals surface area contributed by atoms with Gasteiger partial charge in [0.2, 0.25) is 17.7 Å². The minimum Gasteiger partial charge on any atom is -0.493 e. The minimum absolute atomic E-state index is 0.00487. The fraction of sp³-hybridized carbons (Fsp3) is 0.469. The second-order valence-electron chi connectivity index (χ2n) is 11.6. The van der Waals surface area contributed by atoms with Crippen molar-refractivity contribution in [2.24, 2.45) is 0 Å². The summed E-state index contributed by atoms with van der Waals surface area (Å²) in [5.41, 5.74) is 1.84. The number of likely N-dealkylation sites (tertiary alicyclic amines) is 1. The summed E-state index contributed by atoms with van der Waals surface area (Å²) in [5.74, 6) is 1.47. The maximum atomic E-state index is 13.3. The second kappa shape index (κ2) is 13.5. The molecule has 3 amide bonds. The Morgan fingerprint density at radius 3 is 2.77 bits per heavy atom. The smallest absolute Gasteiger partial charge is 0.240 e. The summed E-state index contributed by atoms with van der Waals surface area (Å²) in [4.78, 5) is 47.2. The Kier molecular flexibility index (Phi) is 9.06. The van der Waals surface area contributed by atoms with Crippen molar-refractivity contribution in [2.45, 2.75) is 69.9 Å². The predicted molar refractivity (Wildman–Crippen MR) is 159 cm³/mol. The van der Waals surface area contributed by atoms with Gasteiger partial charge < -0.3 is 29.3 Å². The number of fused-ring (bicyclic) bond motifs is 9. The predicted octanol–water partition coefficient (Wildman–Crippen LogP) is 2.71. The molecule has 1 aliphatic carbocycles. The van der Waals surface area contributed by atoms with Gasteiger partial charge in [0, 0.05) is 38.5 Å². The topological polar surface area (TPSA) is 128 Å². The van der Waals surface area contributed by atoms with Crippen LogP contribution in [0, 0.1) is 0 Å². The molecule has 0 spiro atoms. The molecule has 44 heavy (non-hydrogen) atoms. The number of methoxy groups -OCH3 is 1. The van der Waals surface area contributed by atoms with Crippen molar-refractivity contribution in [2.75, 3.05) is 26.7 Å². The molecule has 4 aliphatic rings. The maximum Gasteiger partial charge on any atom is 0.240 e. The van der Waals surface area contributed by atoms with Crippen LogP contribution >= 0.6 is 0 Å². The lowest BCUT2D eigenvalue weighted by molar-refractivity contribution is -0.137. The van der Waals surface area contributed by atoms with Crippen LogP contribution in [-0.2, 0) is 38.7 Å². The monoisotopic (exact) mass is 602 g/mol. The van der Waals surface area contributed by atoms with Gasteiger partial charge in [-0.05, 0) is 61.1 Å². The van der Waals surface area contributed by atoms with Gasteiger partial charge in [-0.15, -0.1) is 0 Å². The van der Waals surface area contributed by atoms with Crippen LogP contribution in [0.1, 0.15) is 43.2 Å². The third-order valence-corrected chi connectivity index (χ3v) is 8.28. The van der Waals surface area contributed by atoms with Crippen LogP contribution in [0.3, 0.4) is 0 Å². The van der Waals surface area contributed by atoms with E-state index in [1.165, 1.54) is 6.33 Å². The molecule has 2 aromatic carbocycles. The van der Waals surface area contributed by atoms with Crippen LogP contribution in [0.5, 0.6) is 17.2 Å². The van der Waals surface area contributed by atoms with Crippen molar-refractivity contribution in [1.29, 1.82) is 0 Å². The van der Waals surface area contributed by atoms with Gasteiger partial charge in [-0.2, -0.15) is 5.10 Å². The van der Waals surface area contributed by atoms with Gasteiger partial charge in [0.05, 0.1) is 32.4 Å². The van der Waals surface area contributed by atoms with Crippen LogP contribution in [-0.4, -0.2) is 87.2 Å². The lowest BCUT2D eigenvalue weighted by atomic mass is 10.1. The first-order valence-electron chi connectivity index (χ1n) is 15.2. The average molecular weight is 603 g/mol. The number of ether oxygens (including phenoxy) is 3. The molecule has 12 nitrogen and oxygen atoms in total. The van der Waals surface area contributed by atoms with E-state index in [1.807, 2.05) is 42.5 Å². The van der Waals surface area contributed by atoms with Gasteiger partial charge in [-0.1, -0.05) is 18.2 Å². The number of carbonyl (C=O) groups is 3. The molecule has 2 fully saturated rings. The van der Waals surface area contributed by atoms with E-state index in [4.69, 9.17) is 14.2 Å². The Hall–Kier alpha value is -4.45. The number of aromatic nitrogens is 3. The molecule has 2 atom stereocenters. The van der Waals surface area contributed by atoms with Crippen molar-refractivity contribution < 1.29 is 28.6 Å². The van der Waals surface area contributed by atoms with Crippen LogP contribution < -0.4 is 14.8 Å². The fourth-order valence-electron chi connectivity index (χ4n) is 5.77. The number of carbonyl (C=O) groups excluding carboxylic acids is 3. The van der Waals surface area contributed by atoms with Gasteiger partial charge in [-0.25, -0.2) is 4.98 Å². The molecule has 3 aliphatic heterocycles. The van der Waals surface area contributed by atoms with E-state index in [2.05, 4.69) is 15.4 Å². The molecular formula is C32H38N6O6. The molecule has 12 heteroatoms. The molecule has 3 aromatic rings. The Morgan fingerprint density at radius 1 is 1.09 bits per heavy atom. The van der Waals surface area contributed by atoms with Gasteiger partial charge in [0.15, 0.2) is 11.5 Å². The van der Waals surface area contributed by atoms with Crippen LogP contribution in [0.25, 0.3) is 0 Å². The second-order valence-corrected chi connectivity index (χ2v) is 11.6. The summed E-state index contributed by atoms with van der Waals surface area (Å²) in [6.07, 6.45) is 6.24. The van der Waals surface area contributed by atoms with Crippen molar-refractivity contribution in [3.05, 3.63) is 66.2 Å². The first-order valence-corrected chi connectivity index (χ1v) is 15.2. The average Bonchev–Trinajstić information content (AvgIpc) is 3.58. The van der Waals surface area contributed by atoms with Crippen LogP contribution in [0.15, 0.2) is 55.1 Å². The number of aryl methyl sites for hydroxylation is 2. The van der Waals surface area contributed by atoms with E-state index in [1.54, 1.807) is 27.9 Å². The zero-order chi connectivity index (χ0) is 30.5. The molecule has 0 unspecified atom stereocenters. The van der Waals surface area contributed by atoms with Crippen LogP contribution in [0.4, 0.5) is 0 Å². The van der Waals surface area contributed by atoms with Crippen molar-refractivity contribution in [3.63, 3.8) is 0 Å². The van der Waals surface area contributed by atoms with Crippen LogP contribution in [0.2, 0.25) is 0 Å². The molecule has 232 valence electrons. The van der Waals surface area contributed by atoms with E-state index < -0.39 is 12.1 Å². The van der Waals surface area contributed by atoms with Crippen molar-refractivity contribution in [3.8, 4) is 17.2 Å². The van der Waals surface area contributed by atoms with Crippen molar-refractivity contribution in [1.82, 2.24) is 29.9 Å². The molecule has 1 saturated heterocycles. The van der Waals surface area contributed by atoms with Gasteiger partial charge in [0.25, 0.3) is 0 Å². The summed E-state index contributed by atoms with van der Waals surface area (Å²) < 4.78 is 19.8. The highest BCUT2D eigenvalue weighted by atomic mass is 16.5. The first kappa shape index (κ1) is 29.6. The summed E-state index contributed by atoms with van der Waals surface area (Å²) in [5, 5.41) is 7.18. The van der Waals surface area contributed by atoms with Gasteiger partial charge in [-0.3, -0.25) is 19.1 Å². The first-order chi connectivity index (χ1) is 21.4. The molecule has 1 saturated carbocycles. The molecule has 1 aromatic heterocycles. The number of nitrogens with one attached hydrogen (secondary N) is 1. The number of amides is 3. The molecule has 4 bridgehead atoms. The van der Waals surface area contributed by atoms with Gasteiger partial charge in [0.1, 0.15) is 18.4 Å². The molecular weight excluding hydrogens is 564 g/mol. The number of hydrogen-bond acceptors (Lipinski definition) is 8. The summed E-state index contributed by atoms with van der Waals surface area (Å²) in [6.45, 7) is 1.55. The van der Waals surface area contributed by atoms with E-state index >= 15 is 0 Å². The zero-order valence-corrected chi connectivity index (χ0v) is 24.9. The lowest BCUT2D eigenvalue weighted by Gasteiger charge is -2.25. The van der Waals surface area contributed by atoms with E-state index in [0.29, 0.717) is 56.1 Å². The zero-order valence-electron chi connectivity index (χ0n) is 24.9. The SMILES string of the molecule is COc1cc2ccc1Oc1cccc(c1)CO[C@H]1CN(C(=O)CCCn3cncn3)C[C@@H]1NC(=O)CN(C1CC1)C(=O)CC2. The Balaban J connectivity index is 1.20. The molecule has 4 heterocycles. The van der Waals surface area contributed by atoms with E-state index in [-0.39, 0.29) is 43.3 Å². The number of benzene rings is 2. The number of nitrogens with zero attached hydrogens (tertiary/aromatic N) is 5. The Labute approximate surface area is 256 Å². The molecule has 0 radical (unpaired) electrons. The van der Waals surface area contributed by atoms with Gasteiger partial charge >= 0.3 is 0 Å². The summed E-state index contributed by atoms with van der Waals surface area (Å²) in [6, 6.07) is 13.0. The quantitative estimate of drug-likeness (QED) is 0.456. The molecule has 7 rings (SSSR count). The number of rotatable bonds is 6. The fourth-order valence-corrected chi connectivity index (χ4v) is 5.77. The standard InChI is InChI=1S/C32H38N6O6/c1-42-28-15-22-7-11-27(28)44-25-5-2-4-23(14-25)19-43-29-17-36(31(40)6-3-13-37-21-33-20-34-37)16-26(29)35-30(39)18-38(24-9-10-24)32(41)12-8-22/h2,4-5,7,11,14-15,20-21,24,26,29H,3,6,8-10,12-13,16-19H2,1H3,(H,35,39)/t26-,29-/m0/s1. The number of hydrogen-bond donors (Lipinski definition) is 1. The third-order valence-electron chi connectivity index (χ3n) is 8.28. The Morgan fingerprint density at radius 2 is 1.98 bits per heavy atom. The third kappa shape index (κ3) is 7.36. The highest BCUT2D eigenvalue weighted by Crippen LogP contribution is 2.34. The maximum absolute atomic E-state index is 13.3. The highest BCUT2D eigenvalue weighted by Gasteiger charge is 2.38. The normalized spacial score (nSPS) is 21.1. The van der Waals surface area contributed by atoms with E-state index in [0.717, 1.165) is 24.0 Å². The highest BCUT2D eigenvalue weighted by molar-refractivity contribution is 5.86. The van der Waals surface area contributed by atoms with E-state index in [9.17, 15) is 14.4 Å². The summed E-state index contributed by atoms with van der Waals surface area (Å²) >= 11 is 0. The molecule has 1 N–H and O–H groups in total. The lowest BCUT2D eigenvalue weighted by Crippen LogP contribution is -2.49. The summed E-state index contributed by atoms with van der Waals surface area (Å²) in [7, 11) is 1.59. The largest absolute Gasteiger partial charge is 0.493 e. The minimum atomic E-state index is -0.415. The van der Waals surface area contributed by atoms with Crippen molar-refractivity contribution >= 4 is 17.7 Å².